The number of hydrogen-bond acceptors (Lipinski definition) is 6. The van der Waals surface area contributed by atoms with Gasteiger partial charge in [0.15, 0.2) is 14.9 Å². The van der Waals surface area contributed by atoms with Crippen molar-refractivity contribution < 1.29 is 26.4 Å². The number of esters is 1. The van der Waals surface area contributed by atoms with Gasteiger partial charge in [0.05, 0.1) is 0 Å². The lowest BCUT2D eigenvalue weighted by Crippen LogP contribution is -2.43. The maximum atomic E-state index is 11.5. The smallest absolute Gasteiger partial charge is 0.324 e. The van der Waals surface area contributed by atoms with Crippen molar-refractivity contribution in [3.05, 3.63) is 0 Å². The Morgan fingerprint density at radius 1 is 1.22 bits per heavy atom. The van der Waals surface area contributed by atoms with E-state index in [9.17, 15) is 21.6 Å². The molecule has 0 aliphatic heterocycles. The van der Waals surface area contributed by atoms with Gasteiger partial charge in [-0.3, -0.25) is 4.79 Å². The molecule has 0 aliphatic carbocycles. The van der Waals surface area contributed by atoms with Crippen molar-refractivity contribution >= 4 is 25.8 Å². The molecule has 0 spiro atoms. The largest absolute Gasteiger partial charge is 0.459 e. The number of carbonyl (C=O) groups excluding carboxylic acids is 1. The van der Waals surface area contributed by atoms with Gasteiger partial charge in [0.1, 0.15) is 11.6 Å². The monoisotopic (exact) mass is 301 g/mol. The first-order valence-electron chi connectivity index (χ1n) is 5.12. The van der Waals surface area contributed by atoms with E-state index in [1.54, 1.807) is 20.8 Å². The summed E-state index contributed by atoms with van der Waals surface area (Å²) in [6.07, 6.45) is 0.796. The first-order chi connectivity index (χ1) is 7.72. The summed E-state index contributed by atoms with van der Waals surface area (Å²) < 4.78 is 51.6. The number of carbonyl (C=O) groups is 1. The minimum absolute atomic E-state index is 0.742. The van der Waals surface area contributed by atoms with Crippen LogP contribution in [0.25, 0.3) is 0 Å². The highest BCUT2D eigenvalue weighted by Crippen LogP contribution is 2.08. The molecule has 7 nitrogen and oxygen atoms in total. The third kappa shape index (κ3) is 8.43. The molecular weight excluding hydrogens is 282 g/mol. The van der Waals surface area contributed by atoms with E-state index in [0.717, 1.165) is 6.26 Å². The fourth-order valence-electron chi connectivity index (χ4n) is 1.02. The van der Waals surface area contributed by atoms with Gasteiger partial charge in [-0.05, 0) is 27.7 Å². The van der Waals surface area contributed by atoms with E-state index in [2.05, 4.69) is 0 Å². The molecule has 0 fully saturated rings. The van der Waals surface area contributed by atoms with Crippen molar-refractivity contribution in [3.63, 3.8) is 0 Å². The van der Waals surface area contributed by atoms with Crippen LogP contribution in [0, 0.1) is 0 Å². The second-order valence-electron chi connectivity index (χ2n) is 5.03. The van der Waals surface area contributed by atoms with Gasteiger partial charge in [0.2, 0.25) is 10.0 Å². The van der Waals surface area contributed by atoms with Crippen LogP contribution < -0.4 is 4.72 Å². The molecule has 0 amide bonds. The highest BCUT2D eigenvalue weighted by molar-refractivity contribution is 8.06. The van der Waals surface area contributed by atoms with Crippen molar-refractivity contribution in [2.75, 3.05) is 11.3 Å². The minimum atomic E-state index is -4.08. The van der Waals surface area contributed by atoms with Crippen LogP contribution in [0.15, 0.2) is 0 Å². The molecule has 0 heterocycles. The van der Waals surface area contributed by atoms with E-state index in [-0.39, 0.29) is 0 Å². The summed E-state index contributed by atoms with van der Waals surface area (Å²) in [6, 6.07) is -1.14. The first-order valence-corrected chi connectivity index (χ1v) is 8.84. The van der Waals surface area contributed by atoms with Crippen LogP contribution in [0.5, 0.6) is 0 Å². The van der Waals surface area contributed by atoms with Gasteiger partial charge in [-0.25, -0.2) is 21.6 Å². The Labute approximate surface area is 108 Å². The Morgan fingerprint density at radius 2 is 1.67 bits per heavy atom. The Hall–Kier alpha value is -0.670. The normalized spacial score (nSPS) is 15.2. The van der Waals surface area contributed by atoms with Crippen LogP contribution in [0.4, 0.5) is 0 Å². The summed E-state index contributed by atoms with van der Waals surface area (Å²) in [7, 11) is -7.77. The first kappa shape index (κ1) is 17.3. The molecule has 0 saturated heterocycles. The molecule has 9 heteroatoms. The summed E-state index contributed by atoms with van der Waals surface area (Å²) in [5, 5.41) is -1.06. The van der Waals surface area contributed by atoms with E-state index in [0.29, 0.717) is 0 Å². The van der Waals surface area contributed by atoms with Crippen LogP contribution in [0.3, 0.4) is 0 Å². The fraction of sp³-hybridized carbons (Fsp3) is 0.889. The highest BCUT2D eigenvalue weighted by atomic mass is 32.3. The summed E-state index contributed by atoms with van der Waals surface area (Å²) >= 11 is 0. The third-order valence-electron chi connectivity index (χ3n) is 1.49. The average molecular weight is 301 g/mol. The second kappa shape index (κ2) is 5.54. The predicted molar refractivity (Wildman–Crippen MR) is 67.1 cm³/mol. The van der Waals surface area contributed by atoms with Crippen molar-refractivity contribution in [1.29, 1.82) is 0 Å². The highest BCUT2D eigenvalue weighted by Gasteiger charge is 2.27. The van der Waals surface area contributed by atoms with Gasteiger partial charge in [-0.1, -0.05) is 0 Å². The molecule has 18 heavy (non-hydrogen) atoms. The Kier molecular flexibility index (Phi) is 5.33. The zero-order valence-electron chi connectivity index (χ0n) is 11.1. The fourth-order valence-corrected chi connectivity index (χ4v) is 4.19. The predicted octanol–water partition coefficient (Wildman–Crippen LogP) is -0.362. The van der Waals surface area contributed by atoms with Crippen LogP contribution in [0.1, 0.15) is 27.7 Å². The van der Waals surface area contributed by atoms with Crippen LogP contribution >= 0.6 is 0 Å². The maximum Gasteiger partial charge on any atom is 0.324 e. The molecule has 0 radical (unpaired) electrons. The van der Waals surface area contributed by atoms with Crippen molar-refractivity contribution in [2.24, 2.45) is 0 Å². The zero-order chi connectivity index (χ0) is 14.8. The molecule has 0 rings (SSSR count). The van der Waals surface area contributed by atoms with Crippen molar-refractivity contribution in [3.8, 4) is 0 Å². The number of sulfone groups is 1. The van der Waals surface area contributed by atoms with Crippen LogP contribution in [-0.4, -0.2) is 45.8 Å². The number of ether oxygens (including phenoxy) is 1. The lowest BCUT2D eigenvalue weighted by atomic mass is 10.2. The topological polar surface area (TPSA) is 107 Å². The maximum absolute atomic E-state index is 11.5. The molecule has 0 aromatic carbocycles. The van der Waals surface area contributed by atoms with Gasteiger partial charge in [0.25, 0.3) is 0 Å². The number of hydrogen-bond donors (Lipinski definition) is 1. The van der Waals surface area contributed by atoms with Crippen LogP contribution in [-0.2, 0) is 29.4 Å². The quantitative estimate of drug-likeness (QED) is 0.695. The number of nitrogens with one attached hydrogen (secondary N) is 1. The summed E-state index contributed by atoms with van der Waals surface area (Å²) in [5.41, 5.74) is -0.742. The number of sulfonamides is 1. The lowest BCUT2D eigenvalue weighted by Gasteiger charge is -2.22. The molecule has 0 saturated carbocycles. The summed E-state index contributed by atoms with van der Waals surface area (Å²) in [4.78, 5) is 11.5. The zero-order valence-corrected chi connectivity index (χ0v) is 12.7. The van der Waals surface area contributed by atoms with E-state index >= 15 is 0 Å². The van der Waals surface area contributed by atoms with Gasteiger partial charge < -0.3 is 4.74 Å². The summed E-state index contributed by atoms with van der Waals surface area (Å²) in [6.45, 7) is 6.21. The van der Waals surface area contributed by atoms with E-state index in [1.165, 1.54) is 6.92 Å². The molecule has 1 atom stereocenters. The standard InChI is InChI=1S/C9H19NO6S2/c1-7(8(11)16-9(2,3)4)10-18(14,15)6-17(5,12)13/h7,10H,6H2,1-5H3/t7-/m0/s1. The van der Waals surface area contributed by atoms with Crippen molar-refractivity contribution in [2.45, 2.75) is 39.3 Å². The molecule has 0 aromatic heterocycles. The lowest BCUT2D eigenvalue weighted by molar-refractivity contribution is -0.156. The van der Waals surface area contributed by atoms with Gasteiger partial charge in [-0.2, -0.15) is 0 Å². The van der Waals surface area contributed by atoms with E-state index in [1.807, 2.05) is 4.72 Å². The Morgan fingerprint density at radius 3 is 2.00 bits per heavy atom. The van der Waals surface area contributed by atoms with E-state index in [4.69, 9.17) is 4.74 Å². The average Bonchev–Trinajstić information content (AvgIpc) is 1.93. The number of rotatable bonds is 5. The molecule has 0 bridgehead atoms. The van der Waals surface area contributed by atoms with Gasteiger partial charge in [-0.15, -0.1) is 0 Å². The molecule has 1 N–H and O–H groups in total. The second-order valence-corrected chi connectivity index (χ2v) is 9.29. The van der Waals surface area contributed by atoms with Gasteiger partial charge >= 0.3 is 5.97 Å². The molecule has 0 unspecified atom stereocenters. The van der Waals surface area contributed by atoms with Crippen molar-refractivity contribution in [1.82, 2.24) is 4.72 Å². The molecule has 0 aromatic rings. The molecule has 0 aliphatic rings. The van der Waals surface area contributed by atoms with E-state index < -0.39 is 42.6 Å². The molecular formula is C9H19NO6S2. The minimum Gasteiger partial charge on any atom is -0.459 e. The summed E-state index contributed by atoms with van der Waals surface area (Å²) in [5.74, 6) is -0.764. The van der Waals surface area contributed by atoms with Crippen LogP contribution in [0.2, 0.25) is 0 Å². The Balaban J connectivity index is 4.67. The SMILES string of the molecule is C[C@H](NS(=O)(=O)CS(C)(=O)=O)C(=O)OC(C)(C)C. The van der Waals surface area contributed by atoms with Gasteiger partial charge in [0, 0.05) is 6.26 Å². The molecule has 108 valence electrons. The Bertz CT molecular complexity index is 500. The third-order valence-corrected chi connectivity index (χ3v) is 5.15.